The molecule has 29 heavy (non-hydrogen) atoms. The van der Waals surface area contributed by atoms with E-state index in [-0.39, 0.29) is 28.6 Å². The number of phenolic OH excluding ortho intramolecular Hbond substituents is 1. The summed E-state index contributed by atoms with van der Waals surface area (Å²) < 4.78 is 12.7. The third kappa shape index (κ3) is 2.85. The van der Waals surface area contributed by atoms with E-state index in [2.05, 4.69) is 20.8 Å². The van der Waals surface area contributed by atoms with E-state index in [1.165, 1.54) is 6.08 Å². The molecule has 0 radical (unpaired) electrons. The average molecular weight is 390 g/mol. The van der Waals surface area contributed by atoms with Gasteiger partial charge in [-0.15, -0.1) is 0 Å². The van der Waals surface area contributed by atoms with E-state index < -0.39 is 5.60 Å². The molecular formula is C25H26O4. The normalized spacial score (nSPS) is 28.5. The lowest BCUT2D eigenvalue weighted by Gasteiger charge is -2.55. The Balaban J connectivity index is 1.63. The molecule has 1 fully saturated rings. The second-order valence-electron chi connectivity index (χ2n) is 9.33. The van der Waals surface area contributed by atoms with Crippen molar-refractivity contribution >= 4 is 11.9 Å². The highest BCUT2D eigenvalue weighted by Gasteiger charge is 2.55. The molecule has 0 aromatic heterocycles. The molecule has 0 saturated heterocycles. The first-order chi connectivity index (χ1) is 13.8. The van der Waals surface area contributed by atoms with Gasteiger partial charge in [-0.05, 0) is 51.7 Å². The molecule has 0 unspecified atom stereocenters. The van der Waals surface area contributed by atoms with Gasteiger partial charge in [0.25, 0.3) is 0 Å². The van der Waals surface area contributed by atoms with Gasteiger partial charge in [0.15, 0.2) is 5.78 Å². The molecule has 1 aliphatic carbocycles. The van der Waals surface area contributed by atoms with Crippen LogP contribution in [-0.2, 0) is 0 Å². The number of ether oxygens (including phenoxy) is 2. The summed E-state index contributed by atoms with van der Waals surface area (Å²) >= 11 is 0. The van der Waals surface area contributed by atoms with Gasteiger partial charge in [0, 0.05) is 23.5 Å². The van der Waals surface area contributed by atoms with Crippen molar-refractivity contribution in [3.8, 4) is 17.2 Å². The number of aromatic hydroxyl groups is 1. The fourth-order valence-corrected chi connectivity index (χ4v) is 5.44. The first kappa shape index (κ1) is 18.3. The molecule has 2 aromatic rings. The molecule has 3 aliphatic rings. The number of carbonyl (C=O) groups is 1. The fourth-order valence-electron chi connectivity index (χ4n) is 5.44. The molecule has 2 aliphatic heterocycles. The van der Waals surface area contributed by atoms with Gasteiger partial charge in [-0.2, -0.15) is 0 Å². The summed E-state index contributed by atoms with van der Waals surface area (Å²) in [4.78, 5) is 13.1. The minimum absolute atomic E-state index is 0.0840. The van der Waals surface area contributed by atoms with Crippen LogP contribution in [0.3, 0.4) is 0 Å². The van der Waals surface area contributed by atoms with Crippen molar-refractivity contribution < 1.29 is 19.4 Å². The number of hydrogen-bond acceptors (Lipinski definition) is 4. The van der Waals surface area contributed by atoms with E-state index in [1.54, 1.807) is 12.1 Å². The molecule has 2 aromatic carbocycles. The molecule has 1 saturated carbocycles. The number of carbonyl (C=O) groups excluding carboxylic acids is 1. The lowest BCUT2D eigenvalue weighted by atomic mass is 9.61. The van der Waals surface area contributed by atoms with Crippen LogP contribution in [0.15, 0.2) is 42.5 Å². The number of benzene rings is 2. The Morgan fingerprint density at radius 2 is 1.93 bits per heavy atom. The van der Waals surface area contributed by atoms with Crippen molar-refractivity contribution in [3.05, 3.63) is 59.2 Å². The molecule has 2 heterocycles. The van der Waals surface area contributed by atoms with Crippen molar-refractivity contribution in [1.29, 1.82) is 0 Å². The summed E-state index contributed by atoms with van der Waals surface area (Å²) in [5, 5.41) is 10.8. The highest BCUT2D eigenvalue weighted by molar-refractivity contribution is 6.11. The van der Waals surface area contributed by atoms with Crippen LogP contribution in [0.1, 0.15) is 67.4 Å². The Bertz CT molecular complexity index is 1020. The summed E-state index contributed by atoms with van der Waals surface area (Å²) in [7, 11) is 0. The zero-order valence-corrected chi connectivity index (χ0v) is 17.1. The quantitative estimate of drug-likeness (QED) is 0.556. The number of fused-ring (bicyclic) bond motifs is 1. The van der Waals surface area contributed by atoms with Gasteiger partial charge in [0.1, 0.15) is 34.0 Å². The molecule has 1 N–H and O–H groups in total. The summed E-state index contributed by atoms with van der Waals surface area (Å²) in [6.07, 6.45) is 6.19. The summed E-state index contributed by atoms with van der Waals surface area (Å²) in [5.41, 5.74) is 1.50. The molecule has 4 nitrogen and oxygen atoms in total. The second-order valence-corrected chi connectivity index (χ2v) is 9.33. The van der Waals surface area contributed by atoms with Crippen LogP contribution in [0.25, 0.3) is 6.08 Å². The first-order valence-corrected chi connectivity index (χ1v) is 10.3. The highest BCUT2D eigenvalue weighted by Crippen LogP contribution is 2.61. The van der Waals surface area contributed by atoms with Crippen LogP contribution in [0, 0.1) is 5.92 Å². The largest absolute Gasteiger partial charge is 0.507 e. The SMILES string of the molecule is CC1(C)Oc2c(C(=O)/C=C/c3ccccc3)c(O)cc3c2[C@@H]2C[C@@](C)(CC[C@@H]21)O3. The van der Waals surface area contributed by atoms with Crippen LogP contribution in [0.2, 0.25) is 0 Å². The van der Waals surface area contributed by atoms with Crippen LogP contribution >= 0.6 is 0 Å². The third-order valence-corrected chi connectivity index (χ3v) is 6.84. The van der Waals surface area contributed by atoms with Crippen LogP contribution in [0.4, 0.5) is 0 Å². The van der Waals surface area contributed by atoms with Crippen molar-refractivity contribution in [2.45, 2.75) is 57.2 Å². The molecular weight excluding hydrogens is 364 g/mol. The van der Waals surface area contributed by atoms with Gasteiger partial charge in [-0.1, -0.05) is 36.4 Å². The standard InChI is InChI=1S/C25H26O4/c1-24(2)17-11-12-25(3)14-16(17)21-20(28-25)13-19(27)22(23(21)29-24)18(26)10-9-15-7-5-4-6-8-15/h4-10,13,16-17,27H,11-12,14H2,1-3H3/b10-9+/t16-,17+,25-/m1/s1. The van der Waals surface area contributed by atoms with E-state index >= 15 is 0 Å². The predicted octanol–water partition coefficient (Wildman–Crippen LogP) is 5.49. The van der Waals surface area contributed by atoms with Gasteiger partial charge in [0.2, 0.25) is 0 Å². The van der Waals surface area contributed by atoms with Crippen molar-refractivity contribution in [1.82, 2.24) is 0 Å². The van der Waals surface area contributed by atoms with Gasteiger partial charge in [-0.25, -0.2) is 0 Å². The number of hydrogen-bond donors (Lipinski definition) is 1. The Morgan fingerprint density at radius 3 is 2.69 bits per heavy atom. The monoisotopic (exact) mass is 390 g/mol. The molecule has 2 bridgehead atoms. The Hall–Kier alpha value is -2.75. The highest BCUT2D eigenvalue weighted by atomic mass is 16.5. The third-order valence-electron chi connectivity index (χ3n) is 6.84. The maximum absolute atomic E-state index is 13.1. The van der Waals surface area contributed by atoms with Crippen molar-refractivity contribution in [2.24, 2.45) is 5.92 Å². The molecule has 4 heteroatoms. The van der Waals surface area contributed by atoms with E-state index in [0.717, 1.165) is 30.4 Å². The van der Waals surface area contributed by atoms with Crippen LogP contribution in [-0.4, -0.2) is 22.1 Å². The zero-order chi connectivity index (χ0) is 20.4. The number of phenols is 1. The summed E-state index contributed by atoms with van der Waals surface area (Å²) in [6, 6.07) is 11.3. The fraction of sp³-hybridized carbons (Fsp3) is 0.400. The molecule has 0 amide bonds. The van der Waals surface area contributed by atoms with Gasteiger partial charge >= 0.3 is 0 Å². The van der Waals surface area contributed by atoms with Crippen molar-refractivity contribution in [3.63, 3.8) is 0 Å². The van der Waals surface area contributed by atoms with Crippen LogP contribution < -0.4 is 9.47 Å². The van der Waals surface area contributed by atoms with E-state index in [4.69, 9.17) is 9.47 Å². The van der Waals surface area contributed by atoms with E-state index in [0.29, 0.717) is 17.4 Å². The smallest absolute Gasteiger partial charge is 0.193 e. The van der Waals surface area contributed by atoms with E-state index in [9.17, 15) is 9.90 Å². The van der Waals surface area contributed by atoms with Gasteiger partial charge in [0.05, 0.1) is 0 Å². The maximum Gasteiger partial charge on any atom is 0.193 e. The van der Waals surface area contributed by atoms with Crippen molar-refractivity contribution in [2.75, 3.05) is 0 Å². The van der Waals surface area contributed by atoms with E-state index in [1.807, 2.05) is 30.3 Å². The van der Waals surface area contributed by atoms with Crippen LogP contribution in [0.5, 0.6) is 17.2 Å². The minimum Gasteiger partial charge on any atom is -0.507 e. The number of rotatable bonds is 3. The average Bonchev–Trinajstić information content (AvgIpc) is 2.65. The Kier molecular flexibility index (Phi) is 3.86. The first-order valence-electron chi connectivity index (χ1n) is 10.3. The topological polar surface area (TPSA) is 55.8 Å². The second kappa shape index (κ2) is 6.12. The summed E-state index contributed by atoms with van der Waals surface area (Å²) in [5.74, 6) is 1.47. The predicted molar refractivity (Wildman–Crippen MR) is 112 cm³/mol. The van der Waals surface area contributed by atoms with Gasteiger partial charge in [-0.3, -0.25) is 4.79 Å². The molecule has 3 atom stereocenters. The summed E-state index contributed by atoms with van der Waals surface area (Å²) in [6.45, 7) is 6.33. The number of allylic oxidation sites excluding steroid dienone is 1. The minimum atomic E-state index is -0.403. The Labute approximate surface area is 171 Å². The maximum atomic E-state index is 13.1. The van der Waals surface area contributed by atoms with Gasteiger partial charge < -0.3 is 14.6 Å². The lowest BCUT2D eigenvalue weighted by molar-refractivity contribution is -0.0731. The Morgan fingerprint density at radius 1 is 1.17 bits per heavy atom. The lowest BCUT2D eigenvalue weighted by Crippen LogP contribution is -2.54. The molecule has 5 rings (SSSR count). The number of ketones is 1. The molecule has 0 spiro atoms. The zero-order valence-electron chi connectivity index (χ0n) is 17.1. The molecule has 150 valence electrons.